The molecule has 2 N–H and O–H groups in total. The van der Waals surface area contributed by atoms with E-state index in [2.05, 4.69) is 25.8 Å². The predicted molar refractivity (Wildman–Crippen MR) is 104 cm³/mol. The normalized spacial score (nSPS) is 14.6. The van der Waals surface area contributed by atoms with Crippen molar-refractivity contribution in [1.29, 1.82) is 0 Å². The van der Waals surface area contributed by atoms with Crippen LogP contribution in [0.25, 0.3) is 0 Å². The maximum atomic E-state index is 12.9. The molecule has 28 heavy (non-hydrogen) atoms. The van der Waals surface area contributed by atoms with Crippen molar-refractivity contribution in [3.8, 4) is 0 Å². The van der Waals surface area contributed by atoms with Crippen molar-refractivity contribution in [3.63, 3.8) is 0 Å². The Morgan fingerprint density at radius 1 is 1.29 bits per heavy atom. The van der Waals surface area contributed by atoms with Crippen molar-refractivity contribution in [1.82, 2.24) is 20.1 Å². The van der Waals surface area contributed by atoms with Crippen molar-refractivity contribution >= 4 is 17.9 Å². The largest absolute Gasteiger partial charge is 0.450 e. The van der Waals surface area contributed by atoms with Crippen molar-refractivity contribution in [2.75, 3.05) is 36.9 Å². The van der Waals surface area contributed by atoms with Crippen LogP contribution in [-0.2, 0) is 11.2 Å². The molecule has 0 spiro atoms. The number of hydrogen-bond acceptors (Lipinski definition) is 7. The fraction of sp³-hybridized carbons (Fsp3) is 0.474. The van der Waals surface area contributed by atoms with Crippen LogP contribution in [0.15, 0.2) is 30.5 Å². The predicted octanol–water partition coefficient (Wildman–Crippen LogP) is 2.70. The van der Waals surface area contributed by atoms with Gasteiger partial charge in [0.1, 0.15) is 5.82 Å². The Labute approximate surface area is 163 Å². The Kier molecular flexibility index (Phi) is 6.94. The number of carbonyl (C=O) groups is 1. The molecule has 0 aliphatic carbocycles. The van der Waals surface area contributed by atoms with Crippen LogP contribution in [0.4, 0.5) is 21.0 Å². The molecule has 1 aliphatic rings. The first-order valence-electron chi connectivity index (χ1n) is 9.50. The summed E-state index contributed by atoms with van der Waals surface area (Å²) in [5, 5.41) is 14.5. The van der Waals surface area contributed by atoms with Gasteiger partial charge in [-0.1, -0.05) is 12.1 Å². The number of piperidine rings is 1. The van der Waals surface area contributed by atoms with Crippen molar-refractivity contribution in [2.24, 2.45) is 0 Å². The van der Waals surface area contributed by atoms with Gasteiger partial charge in [0, 0.05) is 25.7 Å². The summed E-state index contributed by atoms with van der Waals surface area (Å²) < 4.78 is 18.0. The highest BCUT2D eigenvalue weighted by Crippen LogP contribution is 2.16. The molecular weight excluding hydrogens is 363 g/mol. The van der Waals surface area contributed by atoms with Gasteiger partial charge in [0.2, 0.25) is 5.95 Å². The lowest BCUT2D eigenvalue weighted by atomic mass is 10.1. The molecule has 1 amide bonds. The van der Waals surface area contributed by atoms with Crippen molar-refractivity contribution in [3.05, 3.63) is 41.8 Å². The molecule has 3 rings (SSSR count). The first kappa shape index (κ1) is 19.8. The van der Waals surface area contributed by atoms with E-state index in [1.165, 1.54) is 12.1 Å². The summed E-state index contributed by atoms with van der Waals surface area (Å²) in [6.07, 6.45) is 3.69. The summed E-state index contributed by atoms with van der Waals surface area (Å²) in [5.41, 5.74) is 1.03. The third-order valence-corrected chi connectivity index (χ3v) is 4.54. The first-order chi connectivity index (χ1) is 13.6. The zero-order valence-electron chi connectivity index (χ0n) is 15.9. The highest BCUT2D eigenvalue weighted by molar-refractivity contribution is 5.67. The molecule has 1 aromatic carbocycles. The van der Waals surface area contributed by atoms with Crippen molar-refractivity contribution < 1.29 is 13.9 Å². The number of hydrogen-bond donors (Lipinski definition) is 2. The molecule has 0 atom stereocenters. The smallest absolute Gasteiger partial charge is 0.409 e. The lowest BCUT2D eigenvalue weighted by Crippen LogP contribution is -2.42. The Hall–Kier alpha value is -2.97. The average Bonchev–Trinajstić information content (AvgIpc) is 2.71. The summed E-state index contributed by atoms with van der Waals surface area (Å²) in [4.78, 5) is 17.9. The van der Waals surface area contributed by atoms with Gasteiger partial charge in [-0.2, -0.15) is 10.1 Å². The molecule has 0 radical (unpaired) electrons. The molecule has 1 aliphatic heterocycles. The van der Waals surface area contributed by atoms with Gasteiger partial charge < -0.3 is 20.3 Å². The van der Waals surface area contributed by atoms with E-state index in [0.717, 1.165) is 24.8 Å². The van der Waals surface area contributed by atoms with Crippen LogP contribution in [0.3, 0.4) is 0 Å². The van der Waals surface area contributed by atoms with Crippen LogP contribution in [0.2, 0.25) is 0 Å². The summed E-state index contributed by atoms with van der Waals surface area (Å²) in [6.45, 7) is 4.12. The maximum Gasteiger partial charge on any atom is 0.409 e. The van der Waals surface area contributed by atoms with E-state index in [1.54, 1.807) is 30.2 Å². The summed E-state index contributed by atoms with van der Waals surface area (Å²) in [7, 11) is 0. The van der Waals surface area contributed by atoms with Crippen LogP contribution in [0, 0.1) is 5.82 Å². The van der Waals surface area contributed by atoms with E-state index < -0.39 is 0 Å². The number of carbonyl (C=O) groups excluding carboxylic acids is 1. The molecular formula is C19H25FN6O2. The molecule has 0 bridgehead atoms. The standard InChI is InChI=1S/C19H25FN6O2/c1-2-28-19(27)26-11-8-16(9-12-26)23-17-13-22-25-18(24-17)21-10-7-14-3-5-15(20)6-4-14/h3-6,13,16H,2,7-12H2,1H3,(H2,21,23,24,25). The van der Waals surface area contributed by atoms with E-state index in [-0.39, 0.29) is 18.0 Å². The minimum absolute atomic E-state index is 0.217. The number of likely N-dealkylation sites (tertiary alicyclic amines) is 1. The number of rotatable bonds is 7. The SMILES string of the molecule is CCOC(=O)N1CCC(Nc2cnnc(NCCc3ccc(F)cc3)n2)CC1. The third-order valence-electron chi connectivity index (χ3n) is 4.54. The number of anilines is 2. The molecule has 8 nitrogen and oxygen atoms in total. The molecule has 0 saturated carbocycles. The van der Waals surface area contributed by atoms with Crippen LogP contribution >= 0.6 is 0 Å². The molecule has 1 aromatic heterocycles. The maximum absolute atomic E-state index is 12.9. The number of halogens is 1. The van der Waals surface area contributed by atoms with Crippen LogP contribution in [0.1, 0.15) is 25.3 Å². The molecule has 1 fully saturated rings. The average molecular weight is 388 g/mol. The van der Waals surface area contributed by atoms with E-state index in [9.17, 15) is 9.18 Å². The second kappa shape index (κ2) is 9.82. The minimum atomic E-state index is -0.253. The summed E-state index contributed by atoms with van der Waals surface area (Å²) >= 11 is 0. The summed E-state index contributed by atoms with van der Waals surface area (Å²) in [6, 6.07) is 6.64. The monoisotopic (exact) mass is 388 g/mol. The van der Waals surface area contributed by atoms with E-state index >= 15 is 0 Å². The lowest BCUT2D eigenvalue weighted by Gasteiger charge is -2.31. The van der Waals surface area contributed by atoms with E-state index in [0.29, 0.717) is 38.0 Å². The molecule has 150 valence electrons. The fourth-order valence-electron chi connectivity index (χ4n) is 3.05. The summed E-state index contributed by atoms with van der Waals surface area (Å²) in [5.74, 6) is 0.848. The Bertz CT molecular complexity index is 765. The van der Waals surface area contributed by atoms with Gasteiger partial charge >= 0.3 is 6.09 Å². The van der Waals surface area contributed by atoms with Gasteiger partial charge in [-0.3, -0.25) is 0 Å². The second-order valence-corrected chi connectivity index (χ2v) is 6.57. The Morgan fingerprint density at radius 2 is 2.04 bits per heavy atom. The topological polar surface area (TPSA) is 92.3 Å². The van der Waals surface area contributed by atoms with Gasteiger partial charge in [0.25, 0.3) is 0 Å². The minimum Gasteiger partial charge on any atom is -0.450 e. The van der Waals surface area contributed by atoms with Gasteiger partial charge in [0.15, 0.2) is 5.82 Å². The van der Waals surface area contributed by atoms with Crippen LogP contribution in [-0.4, -0.2) is 58.5 Å². The molecule has 9 heteroatoms. The Morgan fingerprint density at radius 3 is 2.75 bits per heavy atom. The van der Waals surface area contributed by atoms with Gasteiger partial charge in [0.05, 0.1) is 12.8 Å². The van der Waals surface area contributed by atoms with Gasteiger partial charge in [-0.15, -0.1) is 5.10 Å². The number of nitrogens with one attached hydrogen (secondary N) is 2. The molecule has 1 saturated heterocycles. The Balaban J connectivity index is 1.44. The molecule has 2 aromatic rings. The number of amides is 1. The quantitative estimate of drug-likeness (QED) is 0.753. The van der Waals surface area contributed by atoms with E-state index in [1.807, 2.05) is 0 Å². The third kappa shape index (κ3) is 5.77. The van der Waals surface area contributed by atoms with Crippen molar-refractivity contribution in [2.45, 2.75) is 32.2 Å². The molecule has 2 heterocycles. The highest BCUT2D eigenvalue weighted by atomic mass is 19.1. The van der Waals surface area contributed by atoms with Crippen LogP contribution < -0.4 is 10.6 Å². The van der Waals surface area contributed by atoms with Gasteiger partial charge in [-0.05, 0) is 43.9 Å². The first-order valence-corrected chi connectivity index (χ1v) is 9.50. The fourth-order valence-corrected chi connectivity index (χ4v) is 3.05. The number of aromatic nitrogens is 3. The highest BCUT2D eigenvalue weighted by Gasteiger charge is 2.23. The van der Waals surface area contributed by atoms with Gasteiger partial charge in [-0.25, -0.2) is 9.18 Å². The second-order valence-electron chi connectivity index (χ2n) is 6.57. The lowest BCUT2D eigenvalue weighted by molar-refractivity contribution is 0.0983. The zero-order chi connectivity index (χ0) is 19.8. The zero-order valence-corrected chi connectivity index (χ0v) is 15.9. The number of nitrogens with zero attached hydrogens (tertiary/aromatic N) is 4. The number of ether oxygens (including phenoxy) is 1. The van der Waals surface area contributed by atoms with Crippen LogP contribution in [0.5, 0.6) is 0 Å². The van der Waals surface area contributed by atoms with E-state index in [4.69, 9.17) is 4.74 Å². The number of benzene rings is 1. The molecule has 0 unspecified atom stereocenters.